The zero-order chi connectivity index (χ0) is 13.1. The predicted molar refractivity (Wildman–Crippen MR) is 68.0 cm³/mol. The average molecular weight is 267 g/mol. The maximum absolute atomic E-state index is 10.8. The van der Waals surface area contributed by atoms with Gasteiger partial charge in [-0.2, -0.15) is 15.4 Å². The molecule has 1 heterocycles. The lowest BCUT2D eigenvalue weighted by Crippen LogP contribution is -2.21. The lowest BCUT2D eigenvalue weighted by atomic mass is 10.0. The minimum atomic E-state index is -1.04. The molecule has 0 amide bonds. The van der Waals surface area contributed by atoms with Crippen molar-refractivity contribution >= 4 is 27.9 Å². The van der Waals surface area contributed by atoms with Crippen LogP contribution in [0.1, 0.15) is 18.6 Å². The largest absolute Gasteiger partial charge is 0.389 e. The Morgan fingerprint density at radius 1 is 1.39 bits per heavy atom. The van der Waals surface area contributed by atoms with Gasteiger partial charge in [0.25, 0.3) is 0 Å². The van der Waals surface area contributed by atoms with Crippen LogP contribution in [0.15, 0.2) is 18.2 Å². The molecule has 0 fully saturated rings. The Morgan fingerprint density at radius 3 is 2.83 bits per heavy atom. The van der Waals surface area contributed by atoms with Gasteiger partial charge in [0, 0.05) is 12.7 Å². The number of hydrogen-bond donors (Lipinski definition) is 3. The Labute approximate surface area is 107 Å². The molecule has 0 radical (unpaired) electrons. The third kappa shape index (κ3) is 2.87. The first kappa shape index (κ1) is 13.0. The van der Waals surface area contributed by atoms with Crippen LogP contribution in [-0.2, 0) is 4.79 Å². The minimum absolute atomic E-state index is 0.0896. The van der Waals surface area contributed by atoms with E-state index in [1.807, 2.05) is 0 Å². The van der Waals surface area contributed by atoms with Crippen LogP contribution < -0.4 is 0 Å². The van der Waals surface area contributed by atoms with E-state index in [-0.39, 0.29) is 10.9 Å². The average Bonchev–Trinajstić information content (AvgIpc) is 2.81. The fourth-order valence-corrected chi connectivity index (χ4v) is 2.15. The molecule has 0 saturated carbocycles. The van der Waals surface area contributed by atoms with Gasteiger partial charge in [-0.1, -0.05) is 17.8 Å². The molecule has 2 atom stereocenters. The summed E-state index contributed by atoms with van der Waals surface area (Å²) < 4.78 is 0. The van der Waals surface area contributed by atoms with Gasteiger partial charge in [0.15, 0.2) is 5.12 Å². The highest BCUT2D eigenvalue weighted by Crippen LogP contribution is 2.22. The van der Waals surface area contributed by atoms with E-state index in [9.17, 15) is 15.0 Å². The summed E-state index contributed by atoms with van der Waals surface area (Å²) in [5, 5.41) is 29.9. The van der Waals surface area contributed by atoms with Crippen molar-refractivity contribution in [1.29, 1.82) is 0 Å². The van der Waals surface area contributed by atoms with Crippen LogP contribution in [-0.4, -0.2) is 42.6 Å². The van der Waals surface area contributed by atoms with Crippen molar-refractivity contribution in [2.45, 2.75) is 19.1 Å². The first-order valence-corrected chi connectivity index (χ1v) is 6.36. The molecule has 0 aliphatic heterocycles. The summed E-state index contributed by atoms with van der Waals surface area (Å²) in [5.41, 5.74) is 1.87. The van der Waals surface area contributed by atoms with Gasteiger partial charge < -0.3 is 10.2 Å². The third-order valence-electron chi connectivity index (χ3n) is 2.50. The zero-order valence-electron chi connectivity index (χ0n) is 9.70. The van der Waals surface area contributed by atoms with Crippen molar-refractivity contribution in [3.8, 4) is 0 Å². The molecule has 2 unspecified atom stereocenters. The number of aliphatic hydroxyl groups is 2. The number of nitrogens with zero attached hydrogens (tertiary/aromatic N) is 2. The van der Waals surface area contributed by atoms with Crippen molar-refractivity contribution in [2.75, 3.05) is 5.75 Å². The highest BCUT2D eigenvalue weighted by molar-refractivity contribution is 8.13. The third-order valence-corrected chi connectivity index (χ3v) is 3.42. The van der Waals surface area contributed by atoms with Crippen LogP contribution in [0, 0.1) is 0 Å². The van der Waals surface area contributed by atoms with Crippen LogP contribution in [0.4, 0.5) is 0 Å². The number of thioether (sulfide) groups is 1. The van der Waals surface area contributed by atoms with Crippen LogP contribution >= 0.6 is 11.8 Å². The molecule has 0 spiro atoms. The molecule has 2 aromatic rings. The number of aromatic amines is 1. The van der Waals surface area contributed by atoms with Crippen LogP contribution in [0.2, 0.25) is 0 Å². The number of aromatic nitrogens is 3. The van der Waals surface area contributed by atoms with E-state index in [1.165, 1.54) is 6.92 Å². The summed E-state index contributed by atoms with van der Waals surface area (Å²) in [6.45, 7) is 1.42. The Kier molecular flexibility index (Phi) is 3.95. The number of carbonyl (C=O) groups is 1. The fourth-order valence-electron chi connectivity index (χ4n) is 1.56. The Morgan fingerprint density at radius 2 is 2.11 bits per heavy atom. The zero-order valence-corrected chi connectivity index (χ0v) is 10.5. The lowest BCUT2D eigenvalue weighted by Gasteiger charge is -2.17. The number of nitrogens with one attached hydrogen (secondary N) is 1. The van der Waals surface area contributed by atoms with Crippen LogP contribution in [0.25, 0.3) is 11.0 Å². The maximum atomic E-state index is 10.8. The molecule has 7 heteroatoms. The number of hydrogen-bond acceptors (Lipinski definition) is 6. The monoisotopic (exact) mass is 267 g/mol. The molecule has 0 saturated heterocycles. The summed E-state index contributed by atoms with van der Waals surface area (Å²) >= 11 is 0.985. The molecule has 1 aromatic heterocycles. The number of fused-ring (bicyclic) bond motifs is 1. The van der Waals surface area contributed by atoms with E-state index in [0.29, 0.717) is 16.6 Å². The SMILES string of the molecule is CC(=O)SCC(O)C(O)c1ccc2n[nH]nc2c1. The number of aliphatic hydroxyl groups excluding tert-OH is 2. The Balaban J connectivity index is 2.11. The van der Waals surface area contributed by atoms with E-state index in [0.717, 1.165) is 11.8 Å². The van der Waals surface area contributed by atoms with E-state index in [1.54, 1.807) is 18.2 Å². The number of H-pyrrole nitrogens is 1. The topological polar surface area (TPSA) is 99.1 Å². The Hall–Kier alpha value is -1.44. The van der Waals surface area contributed by atoms with Gasteiger partial charge in [0.05, 0.1) is 6.10 Å². The molecule has 0 aliphatic rings. The van der Waals surface area contributed by atoms with Gasteiger partial charge in [0.2, 0.25) is 0 Å². The summed E-state index contributed by atoms with van der Waals surface area (Å²) in [5.74, 6) is 0.160. The van der Waals surface area contributed by atoms with E-state index < -0.39 is 12.2 Å². The smallest absolute Gasteiger partial charge is 0.185 e. The summed E-state index contributed by atoms with van der Waals surface area (Å²) in [6, 6.07) is 5.05. The van der Waals surface area contributed by atoms with Crippen molar-refractivity contribution in [2.24, 2.45) is 0 Å². The molecule has 0 aliphatic carbocycles. The number of benzene rings is 1. The highest BCUT2D eigenvalue weighted by atomic mass is 32.2. The molecule has 96 valence electrons. The van der Waals surface area contributed by atoms with Crippen LogP contribution in [0.3, 0.4) is 0 Å². The van der Waals surface area contributed by atoms with Crippen molar-refractivity contribution in [1.82, 2.24) is 15.4 Å². The number of carbonyl (C=O) groups excluding carboxylic acids is 1. The van der Waals surface area contributed by atoms with Gasteiger partial charge in [-0.25, -0.2) is 0 Å². The van der Waals surface area contributed by atoms with Crippen LogP contribution in [0.5, 0.6) is 0 Å². The fraction of sp³-hybridized carbons (Fsp3) is 0.364. The van der Waals surface area contributed by atoms with E-state index in [2.05, 4.69) is 15.4 Å². The van der Waals surface area contributed by atoms with Gasteiger partial charge in [-0.3, -0.25) is 4.79 Å². The van der Waals surface area contributed by atoms with Gasteiger partial charge in [-0.15, -0.1) is 0 Å². The molecule has 2 rings (SSSR count). The van der Waals surface area contributed by atoms with E-state index >= 15 is 0 Å². The van der Waals surface area contributed by atoms with E-state index in [4.69, 9.17) is 0 Å². The molecule has 18 heavy (non-hydrogen) atoms. The Bertz CT molecular complexity index is 557. The van der Waals surface area contributed by atoms with Gasteiger partial charge in [0.1, 0.15) is 17.1 Å². The molecule has 6 nitrogen and oxygen atoms in total. The quantitative estimate of drug-likeness (QED) is 0.751. The minimum Gasteiger partial charge on any atom is -0.389 e. The first-order valence-electron chi connectivity index (χ1n) is 5.38. The molecule has 1 aromatic carbocycles. The van der Waals surface area contributed by atoms with Crippen molar-refractivity contribution < 1.29 is 15.0 Å². The second-order valence-corrected chi connectivity index (χ2v) is 5.08. The van der Waals surface area contributed by atoms with Crippen molar-refractivity contribution in [3.63, 3.8) is 0 Å². The molecular formula is C11H13N3O3S. The summed E-state index contributed by atoms with van der Waals surface area (Å²) in [4.78, 5) is 10.8. The number of rotatable bonds is 4. The second-order valence-electron chi connectivity index (χ2n) is 3.89. The second kappa shape index (κ2) is 5.47. The molecular weight excluding hydrogens is 254 g/mol. The first-order chi connectivity index (χ1) is 8.58. The molecule has 0 bridgehead atoms. The predicted octanol–water partition coefficient (Wildman–Crippen LogP) is 0.632. The van der Waals surface area contributed by atoms with Crippen molar-refractivity contribution in [3.05, 3.63) is 23.8 Å². The summed E-state index contributed by atoms with van der Waals surface area (Å²) in [6.07, 6.45) is -2.04. The van der Waals surface area contributed by atoms with Gasteiger partial charge >= 0.3 is 0 Å². The normalized spacial score (nSPS) is 14.6. The lowest BCUT2D eigenvalue weighted by molar-refractivity contribution is -0.109. The standard InChI is InChI=1S/C11H13N3O3S/c1-6(15)18-5-10(16)11(17)7-2-3-8-9(4-7)13-14-12-8/h2-4,10-11,16-17H,5H2,1H3,(H,12,13,14). The van der Waals surface area contributed by atoms with Gasteiger partial charge in [-0.05, 0) is 17.7 Å². The summed E-state index contributed by atoms with van der Waals surface area (Å²) in [7, 11) is 0. The molecule has 3 N–H and O–H groups in total. The highest BCUT2D eigenvalue weighted by Gasteiger charge is 2.19. The maximum Gasteiger partial charge on any atom is 0.185 e.